The smallest absolute Gasteiger partial charge is 0.238 e. The van der Waals surface area contributed by atoms with Gasteiger partial charge in [0.2, 0.25) is 11.8 Å². The molecule has 0 saturated heterocycles. The van der Waals surface area contributed by atoms with Crippen LogP contribution in [0.15, 0.2) is 24.3 Å². The molecule has 1 fully saturated rings. The summed E-state index contributed by atoms with van der Waals surface area (Å²) in [7, 11) is 3.40. The van der Waals surface area contributed by atoms with Gasteiger partial charge < -0.3 is 15.4 Å². The zero-order valence-corrected chi connectivity index (χ0v) is 16.1. The lowest BCUT2D eigenvalue weighted by Crippen LogP contribution is -2.48. The van der Waals surface area contributed by atoms with Gasteiger partial charge in [0.15, 0.2) is 0 Å². The van der Waals surface area contributed by atoms with Gasteiger partial charge in [-0.05, 0) is 51.1 Å². The van der Waals surface area contributed by atoms with E-state index in [0.717, 1.165) is 18.6 Å². The first-order chi connectivity index (χ1) is 12.5. The largest absolute Gasteiger partial charge is 0.497 e. The summed E-state index contributed by atoms with van der Waals surface area (Å²) in [5, 5.41) is 5.99. The highest BCUT2D eigenvalue weighted by Gasteiger charge is 2.23. The number of likely N-dealkylation sites (N-methyl/N-ethyl adjacent to an activating group) is 1. The summed E-state index contributed by atoms with van der Waals surface area (Å²) in [6, 6.07) is 7.09. The van der Waals surface area contributed by atoms with E-state index in [2.05, 4.69) is 10.6 Å². The number of hydrogen-bond acceptors (Lipinski definition) is 4. The normalized spacial score (nSPS) is 16.6. The molecule has 1 aromatic carbocycles. The number of anilines is 1. The second kappa shape index (κ2) is 10.2. The molecule has 1 saturated carbocycles. The number of methoxy groups -OCH3 is 1. The van der Waals surface area contributed by atoms with Crippen LogP contribution in [0.3, 0.4) is 0 Å². The Kier molecular flexibility index (Phi) is 7.91. The van der Waals surface area contributed by atoms with Gasteiger partial charge in [-0.2, -0.15) is 0 Å². The molecule has 0 spiro atoms. The lowest BCUT2D eigenvalue weighted by molar-refractivity contribution is -0.127. The highest BCUT2D eigenvalue weighted by atomic mass is 16.5. The van der Waals surface area contributed by atoms with Gasteiger partial charge in [-0.25, -0.2) is 0 Å². The molecule has 6 heteroatoms. The zero-order valence-electron chi connectivity index (χ0n) is 16.1. The van der Waals surface area contributed by atoms with Gasteiger partial charge in [-0.3, -0.25) is 14.5 Å². The van der Waals surface area contributed by atoms with Crippen molar-refractivity contribution in [2.24, 2.45) is 0 Å². The Bertz CT molecular complexity index is 580. The number of amides is 2. The number of nitrogens with one attached hydrogen (secondary N) is 2. The molecule has 0 unspecified atom stereocenters. The summed E-state index contributed by atoms with van der Waals surface area (Å²) < 4.78 is 5.10. The zero-order chi connectivity index (χ0) is 18.9. The molecule has 1 aliphatic carbocycles. The Labute approximate surface area is 156 Å². The average Bonchev–Trinajstić information content (AvgIpc) is 2.90. The first-order valence-corrected chi connectivity index (χ1v) is 9.44. The monoisotopic (exact) mass is 361 g/mol. The van der Waals surface area contributed by atoms with Crippen molar-refractivity contribution < 1.29 is 14.3 Å². The van der Waals surface area contributed by atoms with Crippen LogP contribution in [0, 0.1) is 0 Å². The van der Waals surface area contributed by atoms with E-state index in [1.54, 1.807) is 43.3 Å². The molecular formula is C20H31N3O3. The third-order valence-corrected chi connectivity index (χ3v) is 5.01. The Morgan fingerprint density at radius 1 is 1.15 bits per heavy atom. The van der Waals surface area contributed by atoms with Crippen LogP contribution in [0.1, 0.15) is 45.4 Å². The first kappa shape index (κ1) is 20.2. The van der Waals surface area contributed by atoms with Gasteiger partial charge in [-0.1, -0.05) is 25.7 Å². The molecule has 26 heavy (non-hydrogen) atoms. The lowest BCUT2D eigenvalue weighted by atomic mass is 10.1. The predicted molar refractivity (Wildman–Crippen MR) is 103 cm³/mol. The highest BCUT2D eigenvalue weighted by molar-refractivity contribution is 5.92. The van der Waals surface area contributed by atoms with Crippen molar-refractivity contribution in [3.05, 3.63) is 24.3 Å². The summed E-state index contributed by atoms with van der Waals surface area (Å²) >= 11 is 0. The van der Waals surface area contributed by atoms with E-state index in [1.807, 2.05) is 6.92 Å². The van der Waals surface area contributed by atoms with E-state index in [-0.39, 0.29) is 30.4 Å². The van der Waals surface area contributed by atoms with Crippen LogP contribution in [0.25, 0.3) is 0 Å². The summed E-state index contributed by atoms with van der Waals surface area (Å²) in [5.41, 5.74) is 0.708. The minimum Gasteiger partial charge on any atom is -0.497 e. The molecule has 0 aliphatic heterocycles. The molecular weight excluding hydrogens is 330 g/mol. The van der Waals surface area contributed by atoms with Crippen molar-refractivity contribution in [1.82, 2.24) is 10.2 Å². The number of hydrogen-bond donors (Lipinski definition) is 2. The van der Waals surface area contributed by atoms with Crippen LogP contribution >= 0.6 is 0 Å². The van der Waals surface area contributed by atoms with Crippen LogP contribution in [0.4, 0.5) is 5.69 Å². The van der Waals surface area contributed by atoms with E-state index >= 15 is 0 Å². The summed E-state index contributed by atoms with van der Waals surface area (Å²) in [5.74, 6) is 0.590. The molecule has 1 atom stereocenters. The van der Waals surface area contributed by atoms with Gasteiger partial charge in [0.05, 0.1) is 19.7 Å². The van der Waals surface area contributed by atoms with Crippen molar-refractivity contribution in [2.45, 2.75) is 57.5 Å². The number of benzene rings is 1. The molecule has 2 rings (SSSR count). The third kappa shape index (κ3) is 6.33. The minimum absolute atomic E-state index is 0.00310. The highest BCUT2D eigenvalue weighted by Crippen LogP contribution is 2.18. The molecule has 0 radical (unpaired) electrons. The Balaban J connectivity index is 1.79. The SMILES string of the molecule is COc1ccc(NC(=O)CN(C)[C@H](C)C(=O)NC2CCCCCC2)cc1. The van der Waals surface area contributed by atoms with Crippen molar-refractivity contribution in [2.75, 3.05) is 26.0 Å². The van der Waals surface area contributed by atoms with Crippen LogP contribution < -0.4 is 15.4 Å². The second-order valence-corrected chi connectivity index (χ2v) is 7.06. The number of rotatable bonds is 7. The lowest BCUT2D eigenvalue weighted by Gasteiger charge is -2.26. The maximum absolute atomic E-state index is 12.5. The average molecular weight is 361 g/mol. The standard InChI is InChI=1S/C20H31N3O3/c1-15(20(25)22-16-8-6-4-5-7-9-16)23(2)14-19(24)21-17-10-12-18(26-3)13-11-17/h10-13,15-16H,4-9,14H2,1-3H3,(H,21,24)(H,22,25)/t15-/m1/s1. The minimum atomic E-state index is -0.347. The molecule has 1 aliphatic rings. The van der Waals surface area contributed by atoms with Crippen molar-refractivity contribution >= 4 is 17.5 Å². The number of nitrogens with zero attached hydrogens (tertiary/aromatic N) is 1. The number of carbonyl (C=O) groups is 2. The molecule has 2 amide bonds. The summed E-state index contributed by atoms with van der Waals surface area (Å²) in [6.07, 6.45) is 6.99. The van der Waals surface area contributed by atoms with Gasteiger partial charge >= 0.3 is 0 Å². The molecule has 6 nitrogen and oxygen atoms in total. The van der Waals surface area contributed by atoms with Crippen molar-refractivity contribution in [3.8, 4) is 5.75 Å². The fraction of sp³-hybridized carbons (Fsp3) is 0.600. The Hall–Kier alpha value is -2.08. The molecule has 1 aromatic rings. The molecule has 144 valence electrons. The molecule has 2 N–H and O–H groups in total. The fourth-order valence-corrected chi connectivity index (χ4v) is 3.18. The maximum atomic E-state index is 12.5. The van der Waals surface area contributed by atoms with Crippen molar-refractivity contribution in [3.63, 3.8) is 0 Å². The topological polar surface area (TPSA) is 70.7 Å². The van der Waals surface area contributed by atoms with E-state index in [9.17, 15) is 9.59 Å². The molecule has 0 aromatic heterocycles. The van der Waals surface area contributed by atoms with Gasteiger partial charge in [0, 0.05) is 11.7 Å². The molecule has 0 bridgehead atoms. The molecule has 0 heterocycles. The summed E-state index contributed by atoms with van der Waals surface area (Å²) in [6.45, 7) is 2.00. The maximum Gasteiger partial charge on any atom is 0.238 e. The fourth-order valence-electron chi connectivity index (χ4n) is 3.18. The quantitative estimate of drug-likeness (QED) is 0.733. The van der Waals surface area contributed by atoms with E-state index in [0.29, 0.717) is 5.69 Å². The predicted octanol–water partition coefficient (Wildman–Crippen LogP) is 2.79. The van der Waals surface area contributed by atoms with Crippen LogP contribution in [-0.2, 0) is 9.59 Å². The number of carbonyl (C=O) groups excluding carboxylic acids is 2. The van der Waals surface area contributed by atoms with Crippen LogP contribution in [0.5, 0.6) is 5.75 Å². The van der Waals surface area contributed by atoms with E-state index < -0.39 is 0 Å². The Morgan fingerprint density at radius 2 is 1.77 bits per heavy atom. The van der Waals surface area contributed by atoms with Gasteiger partial charge in [0.25, 0.3) is 0 Å². The van der Waals surface area contributed by atoms with Crippen LogP contribution in [-0.4, -0.2) is 49.5 Å². The Morgan fingerprint density at radius 3 is 2.35 bits per heavy atom. The summed E-state index contributed by atoms with van der Waals surface area (Å²) in [4.78, 5) is 26.5. The van der Waals surface area contributed by atoms with Gasteiger partial charge in [0.1, 0.15) is 5.75 Å². The second-order valence-electron chi connectivity index (χ2n) is 7.06. The van der Waals surface area contributed by atoms with Crippen LogP contribution in [0.2, 0.25) is 0 Å². The van der Waals surface area contributed by atoms with E-state index in [4.69, 9.17) is 4.74 Å². The van der Waals surface area contributed by atoms with E-state index in [1.165, 1.54) is 25.7 Å². The van der Waals surface area contributed by atoms with Crippen molar-refractivity contribution in [1.29, 1.82) is 0 Å². The number of ether oxygens (including phenoxy) is 1. The third-order valence-electron chi connectivity index (χ3n) is 5.01. The first-order valence-electron chi connectivity index (χ1n) is 9.44. The van der Waals surface area contributed by atoms with Gasteiger partial charge in [-0.15, -0.1) is 0 Å².